The number of ether oxygens (including phenoxy) is 1. The second-order valence-electron chi connectivity index (χ2n) is 12.0. The number of fused-ring (bicyclic) bond motifs is 1. The van der Waals surface area contributed by atoms with Gasteiger partial charge in [0, 0.05) is 6.42 Å². The Balaban J connectivity index is 1.87. The van der Waals surface area contributed by atoms with Gasteiger partial charge in [0.2, 0.25) is 0 Å². The van der Waals surface area contributed by atoms with Crippen molar-refractivity contribution >= 4 is 28.1 Å². The van der Waals surface area contributed by atoms with Crippen molar-refractivity contribution in [2.75, 3.05) is 12.3 Å². The van der Waals surface area contributed by atoms with Crippen LogP contribution in [0.25, 0.3) is 5.65 Å². The van der Waals surface area contributed by atoms with E-state index in [-0.39, 0.29) is 28.4 Å². The third-order valence-corrected chi connectivity index (χ3v) is 16.6. The number of aromatic nitrogens is 4. The standard InChI is InChI=1S/C22H41N5O3Si2/c1-21(2,3)31(7,8)28-13-18-17(30-32(9,10)22(4,5)6)11-16(29-18)15-12-24-20-19(23)25-14-26-27(15)20/h12,14,16-18H,11,13H2,1-10H3,(H2,23,25,26)/t16-,17+,18-/m1/s1. The highest BCUT2D eigenvalue weighted by molar-refractivity contribution is 6.74. The Kier molecular flexibility index (Phi) is 6.69. The highest BCUT2D eigenvalue weighted by Gasteiger charge is 2.47. The van der Waals surface area contributed by atoms with Gasteiger partial charge in [0.05, 0.1) is 24.6 Å². The van der Waals surface area contributed by atoms with Crippen molar-refractivity contribution in [3.8, 4) is 0 Å². The Morgan fingerprint density at radius 2 is 1.69 bits per heavy atom. The largest absolute Gasteiger partial charge is 0.414 e. The van der Waals surface area contributed by atoms with Crippen molar-refractivity contribution in [1.82, 2.24) is 19.6 Å². The van der Waals surface area contributed by atoms with E-state index in [9.17, 15) is 0 Å². The quantitative estimate of drug-likeness (QED) is 0.585. The summed E-state index contributed by atoms with van der Waals surface area (Å²) < 4.78 is 21.7. The lowest BCUT2D eigenvalue weighted by atomic mass is 10.1. The van der Waals surface area contributed by atoms with Gasteiger partial charge < -0.3 is 19.3 Å². The second kappa shape index (κ2) is 8.46. The zero-order valence-electron chi connectivity index (χ0n) is 21.4. The van der Waals surface area contributed by atoms with Crippen LogP contribution in [0.3, 0.4) is 0 Å². The van der Waals surface area contributed by atoms with Gasteiger partial charge in [-0.3, -0.25) is 0 Å². The van der Waals surface area contributed by atoms with Gasteiger partial charge in [0.25, 0.3) is 0 Å². The third-order valence-electron chi connectivity index (χ3n) is 7.55. The minimum absolute atomic E-state index is 0.0459. The fourth-order valence-electron chi connectivity index (χ4n) is 3.31. The second-order valence-corrected chi connectivity index (χ2v) is 21.5. The fraction of sp³-hybridized carbons (Fsp3) is 0.773. The molecule has 3 rings (SSSR count). The molecule has 0 amide bonds. The third kappa shape index (κ3) is 4.94. The molecule has 1 fully saturated rings. The van der Waals surface area contributed by atoms with Crippen LogP contribution in [0.5, 0.6) is 0 Å². The van der Waals surface area contributed by atoms with Crippen LogP contribution in [0.4, 0.5) is 5.82 Å². The molecule has 32 heavy (non-hydrogen) atoms. The Morgan fingerprint density at radius 1 is 1.06 bits per heavy atom. The molecular formula is C22H41N5O3Si2. The molecule has 2 aromatic heterocycles. The summed E-state index contributed by atoms with van der Waals surface area (Å²) in [5.74, 6) is 0.358. The van der Waals surface area contributed by atoms with Crippen LogP contribution >= 0.6 is 0 Å². The maximum absolute atomic E-state index is 6.85. The van der Waals surface area contributed by atoms with Crippen molar-refractivity contribution in [2.45, 2.75) is 103 Å². The zero-order chi connectivity index (χ0) is 24.1. The summed E-state index contributed by atoms with van der Waals surface area (Å²) in [5.41, 5.74) is 7.40. The van der Waals surface area contributed by atoms with Gasteiger partial charge in [-0.05, 0) is 36.3 Å². The highest BCUT2D eigenvalue weighted by Crippen LogP contribution is 2.43. The summed E-state index contributed by atoms with van der Waals surface area (Å²) in [7, 11) is -3.91. The van der Waals surface area contributed by atoms with Gasteiger partial charge in [-0.15, -0.1) is 0 Å². The molecule has 0 unspecified atom stereocenters. The zero-order valence-corrected chi connectivity index (χ0v) is 23.4. The van der Waals surface area contributed by atoms with Crippen LogP contribution in [0, 0.1) is 0 Å². The van der Waals surface area contributed by atoms with E-state index >= 15 is 0 Å². The minimum Gasteiger partial charge on any atom is -0.414 e. The molecule has 0 radical (unpaired) electrons. The van der Waals surface area contributed by atoms with Crippen LogP contribution in [0.15, 0.2) is 12.5 Å². The Labute approximate surface area is 194 Å². The van der Waals surface area contributed by atoms with E-state index in [2.05, 4.69) is 82.8 Å². The van der Waals surface area contributed by atoms with Crippen LogP contribution in [0.1, 0.15) is 59.8 Å². The summed E-state index contributed by atoms with van der Waals surface area (Å²) >= 11 is 0. The van der Waals surface area contributed by atoms with E-state index in [0.29, 0.717) is 18.1 Å². The summed E-state index contributed by atoms with van der Waals surface area (Å²) in [6.45, 7) is 23.2. The van der Waals surface area contributed by atoms with Gasteiger partial charge in [-0.1, -0.05) is 41.5 Å². The van der Waals surface area contributed by atoms with Gasteiger partial charge >= 0.3 is 0 Å². The number of nitrogens with zero attached hydrogens (tertiary/aromatic N) is 4. The number of nitrogens with two attached hydrogens (primary N) is 1. The van der Waals surface area contributed by atoms with E-state index in [1.807, 2.05) is 0 Å². The Bertz CT molecular complexity index is 949. The topological polar surface area (TPSA) is 96.8 Å². The van der Waals surface area contributed by atoms with Crippen LogP contribution in [-0.4, -0.2) is 55.0 Å². The lowest BCUT2D eigenvalue weighted by Crippen LogP contribution is -2.48. The number of hydrogen-bond donors (Lipinski definition) is 1. The number of anilines is 1. The van der Waals surface area contributed by atoms with Crippen molar-refractivity contribution in [1.29, 1.82) is 0 Å². The van der Waals surface area contributed by atoms with E-state index in [0.717, 1.165) is 12.1 Å². The summed E-state index contributed by atoms with van der Waals surface area (Å²) in [6, 6.07) is 0. The van der Waals surface area contributed by atoms with Crippen molar-refractivity contribution in [3.05, 3.63) is 18.2 Å². The number of hydrogen-bond acceptors (Lipinski definition) is 7. The van der Waals surface area contributed by atoms with Crippen molar-refractivity contribution in [2.24, 2.45) is 0 Å². The maximum Gasteiger partial charge on any atom is 0.196 e. The molecule has 10 heteroatoms. The van der Waals surface area contributed by atoms with Gasteiger partial charge in [-0.25, -0.2) is 14.5 Å². The van der Waals surface area contributed by atoms with Gasteiger partial charge in [0.1, 0.15) is 18.5 Å². The molecule has 3 atom stereocenters. The van der Waals surface area contributed by atoms with Gasteiger partial charge in [0.15, 0.2) is 28.1 Å². The number of nitrogen functional groups attached to an aromatic ring is 1. The molecule has 1 saturated heterocycles. The SMILES string of the molecule is CC(C)(C)[Si](C)(C)OC[C@H]1O[C@@H](c2cnc3c(N)ncnn23)C[C@@H]1O[Si](C)(C)C(C)(C)C. The summed E-state index contributed by atoms with van der Waals surface area (Å²) in [5, 5.41) is 4.60. The van der Waals surface area contributed by atoms with E-state index < -0.39 is 16.6 Å². The van der Waals surface area contributed by atoms with Crippen molar-refractivity contribution < 1.29 is 13.6 Å². The molecule has 0 aliphatic carbocycles. The lowest BCUT2D eigenvalue weighted by Gasteiger charge is -2.40. The normalized spacial score (nSPS) is 23.2. The van der Waals surface area contributed by atoms with E-state index in [4.69, 9.17) is 19.3 Å². The van der Waals surface area contributed by atoms with E-state index in [1.54, 1.807) is 10.7 Å². The molecule has 3 heterocycles. The van der Waals surface area contributed by atoms with Crippen LogP contribution < -0.4 is 5.73 Å². The predicted octanol–water partition coefficient (Wildman–Crippen LogP) is 4.95. The number of rotatable bonds is 6. The molecule has 0 bridgehead atoms. The minimum atomic E-state index is -1.99. The van der Waals surface area contributed by atoms with Gasteiger partial charge in [-0.2, -0.15) is 5.10 Å². The Morgan fingerprint density at radius 3 is 2.28 bits per heavy atom. The van der Waals surface area contributed by atoms with Crippen LogP contribution in [-0.2, 0) is 13.6 Å². The number of imidazole rings is 1. The smallest absolute Gasteiger partial charge is 0.196 e. The average Bonchev–Trinajstić information content (AvgIpc) is 3.22. The first kappa shape index (κ1) is 25.3. The first-order chi connectivity index (χ1) is 14.5. The molecule has 2 aromatic rings. The Hall–Kier alpha value is -1.34. The highest BCUT2D eigenvalue weighted by atomic mass is 28.4. The molecule has 1 aliphatic heterocycles. The molecule has 180 valence electrons. The first-order valence-electron chi connectivity index (χ1n) is 11.4. The molecular weight excluding hydrogens is 438 g/mol. The molecule has 2 N–H and O–H groups in total. The molecule has 0 spiro atoms. The molecule has 1 aliphatic rings. The van der Waals surface area contributed by atoms with Crippen molar-refractivity contribution in [3.63, 3.8) is 0 Å². The maximum atomic E-state index is 6.85. The average molecular weight is 480 g/mol. The monoisotopic (exact) mass is 479 g/mol. The lowest BCUT2D eigenvalue weighted by molar-refractivity contribution is -0.0180. The molecule has 0 aromatic carbocycles. The van der Waals surface area contributed by atoms with Crippen LogP contribution in [0.2, 0.25) is 36.3 Å². The first-order valence-corrected chi connectivity index (χ1v) is 17.3. The fourth-order valence-corrected chi connectivity index (χ4v) is 5.68. The van der Waals surface area contributed by atoms with E-state index in [1.165, 1.54) is 6.33 Å². The molecule has 0 saturated carbocycles. The predicted molar refractivity (Wildman–Crippen MR) is 133 cm³/mol. The summed E-state index contributed by atoms with van der Waals surface area (Å²) in [4.78, 5) is 8.46. The molecule has 8 nitrogen and oxygen atoms in total. The summed E-state index contributed by atoms with van der Waals surface area (Å²) in [6.07, 6.45) is 3.58.